The summed E-state index contributed by atoms with van der Waals surface area (Å²) in [5.74, 6) is -3.08. The maximum atomic E-state index is 13.9. The van der Waals surface area contributed by atoms with Crippen LogP contribution in [0.15, 0.2) is 30.5 Å². The molecule has 7 nitrogen and oxygen atoms in total. The molecule has 0 aromatic carbocycles. The normalized spacial score (nSPS) is 25.5. The quantitative estimate of drug-likeness (QED) is 0.567. The molecule has 2 fully saturated rings. The molecule has 1 aromatic rings. The fourth-order valence-corrected chi connectivity index (χ4v) is 3.92. The molecule has 2 aliphatic heterocycles. The molecule has 1 amide bonds. The summed E-state index contributed by atoms with van der Waals surface area (Å²) in [6, 6.07) is 2.87. The van der Waals surface area contributed by atoms with Gasteiger partial charge in [-0.2, -0.15) is 13.2 Å². The summed E-state index contributed by atoms with van der Waals surface area (Å²) in [7, 11) is 0. The van der Waals surface area contributed by atoms with Crippen LogP contribution in [0, 0.1) is 11.7 Å². The van der Waals surface area contributed by atoms with Crippen molar-refractivity contribution in [2.75, 3.05) is 13.2 Å². The van der Waals surface area contributed by atoms with Crippen LogP contribution in [-0.2, 0) is 14.3 Å². The maximum absolute atomic E-state index is 13.9. The van der Waals surface area contributed by atoms with Crippen LogP contribution in [0.3, 0.4) is 0 Å². The Hall–Kier alpha value is -2.69. The van der Waals surface area contributed by atoms with Crippen LogP contribution < -0.4 is 4.74 Å². The lowest BCUT2D eigenvalue weighted by atomic mass is 10.0. The van der Waals surface area contributed by atoms with Crippen LogP contribution in [-0.4, -0.2) is 64.4 Å². The number of carboxylic acids is 1. The lowest BCUT2D eigenvalue weighted by Gasteiger charge is -2.33. The molecule has 0 unspecified atom stereocenters. The minimum atomic E-state index is -5.08. The highest BCUT2D eigenvalue weighted by Crippen LogP contribution is 2.34. The molecule has 1 aliphatic carbocycles. The molecular weight excluding hydrogens is 424 g/mol. The first-order valence-electron chi connectivity index (χ1n) is 9.83. The predicted molar refractivity (Wildman–Crippen MR) is 98.6 cm³/mol. The van der Waals surface area contributed by atoms with Crippen molar-refractivity contribution >= 4 is 11.9 Å². The summed E-state index contributed by atoms with van der Waals surface area (Å²) in [6.07, 6.45) is 3.38. The van der Waals surface area contributed by atoms with Gasteiger partial charge in [0.05, 0.1) is 12.6 Å². The lowest BCUT2D eigenvalue weighted by Crippen LogP contribution is -2.45. The third-order valence-electron chi connectivity index (χ3n) is 5.35. The lowest BCUT2D eigenvalue weighted by molar-refractivity contribution is -0.192. The van der Waals surface area contributed by atoms with Crippen molar-refractivity contribution in [2.45, 2.75) is 50.1 Å². The molecule has 170 valence electrons. The van der Waals surface area contributed by atoms with Gasteiger partial charge in [0.15, 0.2) is 5.82 Å². The number of aromatic nitrogens is 1. The van der Waals surface area contributed by atoms with Crippen molar-refractivity contribution in [3.63, 3.8) is 0 Å². The first-order valence-corrected chi connectivity index (χ1v) is 9.83. The highest BCUT2D eigenvalue weighted by atomic mass is 19.4. The van der Waals surface area contributed by atoms with Gasteiger partial charge in [0, 0.05) is 18.7 Å². The average Bonchev–Trinajstić information content (AvgIpc) is 3.38. The number of hydrogen-bond acceptors (Lipinski definition) is 5. The van der Waals surface area contributed by atoms with Crippen molar-refractivity contribution < 1.29 is 41.7 Å². The van der Waals surface area contributed by atoms with Crippen molar-refractivity contribution in [3.8, 4) is 5.88 Å². The highest BCUT2D eigenvalue weighted by Gasteiger charge is 2.48. The number of nitrogens with zero attached hydrogens (tertiary/aromatic N) is 2. The Morgan fingerprint density at radius 3 is 2.55 bits per heavy atom. The van der Waals surface area contributed by atoms with E-state index < -0.39 is 18.0 Å². The molecule has 3 atom stereocenters. The van der Waals surface area contributed by atoms with Crippen LogP contribution in [0.4, 0.5) is 17.6 Å². The molecule has 0 radical (unpaired) electrons. The highest BCUT2D eigenvalue weighted by molar-refractivity contribution is 5.80. The molecule has 0 saturated carbocycles. The molecule has 3 heterocycles. The van der Waals surface area contributed by atoms with E-state index >= 15 is 0 Å². The third-order valence-corrected chi connectivity index (χ3v) is 5.35. The summed E-state index contributed by atoms with van der Waals surface area (Å²) < 4.78 is 57.3. The Balaban J connectivity index is 0.000000339. The van der Waals surface area contributed by atoms with Gasteiger partial charge in [-0.15, -0.1) is 0 Å². The number of rotatable bonds is 3. The fourth-order valence-electron chi connectivity index (χ4n) is 3.92. The zero-order valence-corrected chi connectivity index (χ0v) is 16.4. The van der Waals surface area contributed by atoms with E-state index in [-0.39, 0.29) is 36.0 Å². The molecule has 3 aliphatic rings. The van der Waals surface area contributed by atoms with Gasteiger partial charge in [-0.3, -0.25) is 4.79 Å². The Labute approximate surface area is 175 Å². The third kappa shape index (κ3) is 5.52. The number of halogens is 4. The number of ether oxygens (including phenoxy) is 2. The van der Waals surface area contributed by atoms with E-state index in [0.717, 1.165) is 25.7 Å². The van der Waals surface area contributed by atoms with Crippen LogP contribution in [0.5, 0.6) is 5.88 Å². The van der Waals surface area contributed by atoms with E-state index in [1.807, 2.05) is 4.90 Å². The number of alkyl halides is 3. The van der Waals surface area contributed by atoms with E-state index in [1.54, 1.807) is 0 Å². The van der Waals surface area contributed by atoms with Gasteiger partial charge in [0.2, 0.25) is 5.91 Å². The molecule has 0 bridgehead atoms. The van der Waals surface area contributed by atoms with Crippen molar-refractivity contribution in [3.05, 3.63) is 36.3 Å². The van der Waals surface area contributed by atoms with Gasteiger partial charge in [-0.05, 0) is 37.8 Å². The number of pyridine rings is 1. The fraction of sp³-hybridized carbons (Fsp3) is 0.550. The standard InChI is InChI=1S/C18H21FN2O3.C2HF3O2/c19-13-7-3-9-20-17(13)24-15-11-21(14-8-4-10-23-16(14)15)18(22)12-5-1-2-6-12;3-2(4,5)1(6)7/h1-3,7,9,12,14-16H,4-6,8,10-11H2;(H,6,7)/t14-,15+,16+;/m1./s1. The first-order chi connectivity index (χ1) is 14.7. The van der Waals surface area contributed by atoms with Crippen LogP contribution >= 0.6 is 0 Å². The minimum absolute atomic E-state index is 0.0172. The topological polar surface area (TPSA) is 89.0 Å². The summed E-state index contributed by atoms with van der Waals surface area (Å²) in [5, 5.41) is 7.12. The molecular formula is C20H22F4N2O5. The van der Waals surface area contributed by atoms with Crippen LogP contribution in [0.2, 0.25) is 0 Å². The number of aliphatic carboxylic acids is 1. The summed E-state index contributed by atoms with van der Waals surface area (Å²) in [4.78, 5) is 27.6. The van der Waals surface area contributed by atoms with Crippen molar-refractivity contribution in [1.82, 2.24) is 9.88 Å². The first kappa shape index (κ1) is 23.0. The monoisotopic (exact) mass is 446 g/mol. The smallest absolute Gasteiger partial charge is 0.475 e. The largest absolute Gasteiger partial charge is 0.490 e. The number of amides is 1. The molecule has 2 saturated heterocycles. The predicted octanol–water partition coefficient (Wildman–Crippen LogP) is 2.96. The number of hydrogen-bond donors (Lipinski definition) is 1. The van der Waals surface area contributed by atoms with E-state index in [0.29, 0.717) is 13.2 Å². The minimum Gasteiger partial charge on any atom is -0.475 e. The van der Waals surface area contributed by atoms with E-state index in [2.05, 4.69) is 17.1 Å². The second-order valence-corrected chi connectivity index (χ2v) is 7.42. The number of fused-ring (bicyclic) bond motifs is 1. The summed E-state index contributed by atoms with van der Waals surface area (Å²) in [6.45, 7) is 1.08. The van der Waals surface area contributed by atoms with E-state index in [9.17, 15) is 22.4 Å². The molecule has 11 heteroatoms. The number of likely N-dealkylation sites (tertiary alicyclic amines) is 1. The Bertz CT molecular complexity index is 824. The Morgan fingerprint density at radius 1 is 1.26 bits per heavy atom. The van der Waals surface area contributed by atoms with Gasteiger partial charge in [-0.1, -0.05) is 12.2 Å². The molecule has 31 heavy (non-hydrogen) atoms. The zero-order chi connectivity index (χ0) is 22.6. The summed E-state index contributed by atoms with van der Waals surface area (Å²) >= 11 is 0. The SMILES string of the molecule is O=C(C1CC=CC1)N1C[C@H](Oc2ncccc2F)[C@H]2OCCC[C@H]21.O=C(O)C(F)(F)F. The van der Waals surface area contributed by atoms with Crippen molar-refractivity contribution in [1.29, 1.82) is 0 Å². The van der Waals surface area contributed by atoms with Crippen molar-refractivity contribution in [2.24, 2.45) is 5.92 Å². The van der Waals surface area contributed by atoms with E-state index in [4.69, 9.17) is 19.4 Å². The average molecular weight is 446 g/mol. The molecule has 4 rings (SSSR count). The maximum Gasteiger partial charge on any atom is 0.490 e. The number of allylic oxidation sites excluding steroid dienone is 2. The molecule has 0 spiro atoms. The second-order valence-electron chi connectivity index (χ2n) is 7.42. The van der Waals surface area contributed by atoms with E-state index in [1.165, 1.54) is 18.3 Å². The van der Waals surface area contributed by atoms with Gasteiger partial charge < -0.3 is 19.5 Å². The number of carboxylic acid groups (broad SMARTS) is 1. The van der Waals surface area contributed by atoms with Gasteiger partial charge in [0.1, 0.15) is 12.2 Å². The number of carbonyl (C=O) groups is 2. The van der Waals surface area contributed by atoms with Gasteiger partial charge in [0.25, 0.3) is 5.88 Å². The number of carbonyl (C=O) groups excluding carboxylic acids is 1. The Morgan fingerprint density at radius 2 is 1.94 bits per heavy atom. The second kappa shape index (κ2) is 9.63. The van der Waals surface area contributed by atoms with Crippen LogP contribution in [0.25, 0.3) is 0 Å². The Kier molecular flexibility index (Phi) is 7.14. The molecule has 1 N–H and O–H groups in total. The zero-order valence-electron chi connectivity index (χ0n) is 16.4. The van der Waals surface area contributed by atoms with Gasteiger partial charge in [-0.25, -0.2) is 14.2 Å². The van der Waals surface area contributed by atoms with Crippen LogP contribution in [0.1, 0.15) is 25.7 Å². The summed E-state index contributed by atoms with van der Waals surface area (Å²) in [5.41, 5.74) is 0. The van der Waals surface area contributed by atoms with Gasteiger partial charge >= 0.3 is 12.1 Å². The molecule has 1 aromatic heterocycles.